The number of nitrogens with zero attached hydrogens (tertiary/aromatic N) is 4. The highest BCUT2D eigenvalue weighted by Gasteiger charge is 2.21. The SMILES string of the molecule is COc1ccc(-c2nnc(SCCCC#N)n2CC2CCCO2)cc1. The molecule has 3 rings (SSSR count). The molecule has 1 unspecified atom stereocenters. The van der Waals surface area contributed by atoms with Crippen molar-refractivity contribution >= 4 is 11.8 Å². The fourth-order valence-corrected chi connectivity index (χ4v) is 3.71. The maximum Gasteiger partial charge on any atom is 0.191 e. The largest absolute Gasteiger partial charge is 0.497 e. The van der Waals surface area contributed by atoms with E-state index in [1.807, 2.05) is 24.3 Å². The Kier molecular flexibility index (Phi) is 6.31. The van der Waals surface area contributed by atoms with E-state index in [0.29, 0.717) is 6.42 Å². The first-order valence-electron chi connectivity index (χ1n) is 8.51. The van der Waals surface area contributed by atoms with Gasteiger partial charge in [0, 0.05) is 24.3 Å². The molecule has 1 aliphatic heterocycles. The first-order chi connectivity index (χ1) is 12.3. The molecule has 0 radical (unpaired) electrons. The Morgan fingerprint density at radius 2 is 2.20 bits per heavy atom. The number of hydrogen-bond acceptors (Lipinski definition) is 6. The maximum atomic E-state index is 8.68. The van der Waals surface area contributed by atoms with Gasteiger partial charge in [0.2, 0.25) is 0 Å². The summed E-state index contributed by atoms with van der Waals surface area (Å²) < 4.78 is 13.2. The van der Waals surface area contributed by atoms with Crippen LogP contribution in [-0.4, -0.2) is 40.3 Å². The van der Waals surface area contributed by atoms with Gasteiger partial charge in [-0.2, -0.15) is 5.26 Å². The van der Waals surface area contributed by atoms with Gasteiger partial charge < -0.3 is 9.47 Å². The van der Waals surface area contributed by atoms with Gasteiger partial charge >= 0.3 is 0 Å². The molecule has 1 saturated heterocycles. The highest BCUT2D eigenvalue weighted by atomic mass is 32.2. The van der Waals surface area contributed by atoms with Gasteiger partial charge in [0.15, 0.2) is 11.0 Å². The molecule has 1 aromatic carbocycles. The molecule has 2 aromatic rings. The number of methoxy groups -OCH3 is 1. The lowest BCUT2D eigenvalue weighted by Gasteiger charge is -2.14. The molecule has 0 saturated carbocycles. The van der Waals surface area contributed by atoms with E-state index in [9.17, 15) is 0 Å². The molecular formula is C18H22N4O2S. The molecule has 2 heterocycles. The van der Waals surface area contributed by atoms with Crippen LogP contribution >= 0.6 is 11.8 Å². The van der Waals surface area contributed by atoms with E-state index in [-0.39, 0.29) is 6.10 Å². The monoisotopic (exact) mass is 358 g/mol. The predicted octanol–water partition coefficient (Wildman–Crippen LogP) is 3.53. The van der Waals surface area contributed by atoms with Crippen molar-refractivity contribution in [3.05, 3.63) is 24.3 Å². The van der Waals surface area contributed by atoms with Gasteiger partial charge in [0.25, 0.3) is 0 Å². The number of aromatic nitrogens is 3. The normalized spacial score (nSPS) is 16.7. The van der Waals surface area contributed by atoms with Crippen molar-refractivity contribution in [2.75, 3.05) is 19.5 Å². The molecule has 0 N–H and O–H groups in total. The number of hydrogen-bond donors (Lipinski definition) is 0. The van der Waals surface area contributed by atoms with E-state index in [4.69, 9.17) is 14.7 Å². The van der Waals surface area contributed by atoms with Crippen LogP contribution in [0.1, 0.15) is 25.7 Å². The van der Waals surface area contributed by atoms with Crippen LogP contribution in [0.5, 0.6) is 5.75 Å². The van der Waals surface area contributed by atoms with E-state index in [2.05, 4.69) is 20.8 Å². The fourth-order valence-electron chi connectivity index (χ4n) is 2.82. The van der Waals surface area contributed by atoms with Crippen LogP contribution in [0.25, 0.3) is 11.4 Å². The summed E-state index contributed by atoms with van der Waals surface area (Å²) in [5.74, 6) is 2.53. The van der Waals surface area contributed by atoms with Crippen LogP contribution in [0.3, 0.4) is 0 Å². The van der Waals surface area contributed by atoms with E-state index in [1.54, 1.807) is 18.9 Å². The van der Waals surface area contributed by atoms with Gasteiger partial charge in [-0.15, -0.1) is 10.2 Å². The Balaban J connectivity index is 1.82. The number of rotatable bonds is 8. The highest BCUT2D eigenvalue weighted by Crippen LogP contribution is 2.28. The molecule has 7 heteroatoms. The summed E-state index contributed by atoms with van der Waals surface area (Å²) in [6.45, 7) is 1.59. The summed E-state index contributed by atoms with van der Waals surface area (Å²) in [5.41, 5.74) is 1.01. The molecule has 1 fully saturated rings. The van der Waals surface area contributed by atoms with Crippen LogP contribution < -0.4 is 4.74 Å². The molecule has 132 valence electrons. The zero-order valence-electron chi connectivity index (χ0n) is 14.4. The van der Waals surface area contributed by atoms with Crippen molar-refractivity contribution in [1.82, 2.24) is 14.8 Å². The summed E-state index contributed by atoms with van der Waals surface area (Å²) in [7, 11) is 1.66. The van der Waals surface area contributed by atoms with Crippen molar-refractivity contribution in [2.24, 2.45) is 0 Å². The number of benzene rings is 1. The van der Waals surface area contributed by atoms with Gasteiger partial charge in [0.05, 0.1) is 25.8 Å². The predicted molar refractivity (Wildman–Crippen MR) is 96.6 cm³/mol. The Morgan fingerprint density at radius 1 is 1.36 bits per heavy atom. The average Bonchev–Trinajstić information content (AvgIpc) is 3.30. The molecule has 0 aliphatic carbocycles. The lowest BCUT2D eigenvalue weighted by Crippen LogP contribution is -2.16. The minimum Gasteiger partial charge on any atom is -0.497 e. The van der Waals surface area contributed by atoms with Gasteiger partial charge in [-0.3, -0.25) is 4.57 Å². The topological polar surface area (TPSA) is 73.0 Å². The second-order valence-corrected chi connectivity index (χ2v) is 6.95. The Hall–Kier alpha value is -2.04. The number of unbranched alkanes of at least 4 members (excludes halogenated alkanes) is 1. The van der Waals surface area contributed by atoms with Crippen LogP contribution in [0.4, 0.5) is 0 Å². The van der Waals surface area contributed by atoms with Gasteiger partial charge in [-0.25, -0.2) is 0 Å². The quantitative estimate of drug-likeness (QED) is 0.531. The zero-order chi connectivity index (χ0) is 17.5. The van der Waals surface area contributed by atoms with Gasteiger partial charge in [-0.1, -0.05) is 11.8 Å². The Morgan fingerprint density at radius 3 is 2.88 bits per heavy atom. The first kappa shape index (κ1) is 17.8. The molecule has 1 aliphatic rings. The van der Waals surface area contributed by atoms with Crippen molar-refractivity contribution < 1.29 is 9.47 Å². The lowest BCUT2D eigenvalue weighted by molar-refractivity contribution is 0.0953. The van der Waals surface area contributed by atoms with Crippen LogP contribution in [0.2, 0.25) is 0 Å². The number of thioether (sulfide) groups is 1. The summed E-state index contributed by atoms with van der Waals surface area (Å²) in [6.07, 6.45) is 3.81. The molecule has 1 atom stereocenters. The van der Waals surface area contributed by atoms with E-state index in [1.165, 1.54) is 0 Å². The second kappa shape index (κ2) is 8.88. The van der Waals surface area contributed by atoms with E-state index < -0.39 is 0 Å². The third-order valence-electron chi connectivity index (χ3n) is 4.14. The number of ether oxygens (including phenoxy) is 2. The minimum atomic E-state index is 0.214. The third-order valence-corrected chi connectivity index (χ3v) is 5.19. The summed E-state index contributed by atoms with van der Waals surface area (Å²) in [4.78, 5) is 0. The fraction of sp³-hybridized carbons (Fsp3) is 0.500. The zero-order valence-corrected chi connectivity index (χ0v) is 15.2. The molecule has 6 nitrogen and oxygen atoms in total. The Labute approximate surface area is 152 Å². The highest BCUT2D eigenvalue weighted by molar-refractivity contribution is 7.99. The summed E-state index contributed by atoms with van der Waals surface area (Å²) in [6, 6.07) is 10.0. The Bertz CT molecular complexity index is 718. The second-order valence-electron chi connectivity index (χ2n) is 5.89. The molecule has 0 bridgehead atoms. The van der Waals surface area contributed by atoms with Crippen LogP contribution in [-0.2, 0) is 11.3 Å². The van der Waals surface area contributed by atoms with Gasteiger partial charge in [0.1, 0.15) is 5.75 Å². The molecule has 25 heavy (non-hydrogen) atoms. The van der Waals surface area contributed by atoms with Crippen molar-refractivity contribution in [2.45, 2.75) is 43.5 Å². The van der Waals surface area contributed by atoms with Crippen LogP contribution in [0, 0.1) is 11.3 Å². The summed E-state index contributed by atoms with van der Waals surface area (Å²) >= 11 is 1.65. The lowest BCUT2D eigenvalue weighted by atomic mass is 10.2. The number of nitriles is 1. The maximum absolute atomic E-state index is 8.68. The van der Waals surface area contributed by atoms with E-state index in [0.717, 1.165) is 60.5 Å². The molecule has 0 spiro atoms. The first-order valence-corrected chi connectivity index (χ1v) is 9.49. The summed E-state index contributed by atoms with van der Waals surface area (Å²) in [5, 5.41) is 18.4. The average molecular weight is 358 g/mol. The van der Waals surface area contributed by atoms with Gasteiger partial charge in [-0.05, 0) is 43.5 Å². The minimum absolute atomic E-state index is 0.214. The standard InChI is InChI=1S/C18H22N4O2S/c1-23-15-8-6-14(7-9-15)17-20-21-18(25-12-3-2-10-19)22(17)13-16-5-4-11-24-16/h6-9,16H,2-5,11-13H2,1H3. The van der Waals surface area contributed by atoms with Crippen molar-refractivity contribution in [1.29, 1.82) is 5.26 Å². The molecule has 0 amide bonds. The van der Waals surface area contributed by atoms with Crippen LogP contribution in [0.15, 0.2) is 29.4 Å². The van der Waals surface area contributed by atoms with Crippen molar-refractivity contribution in [3.63, 3.8) is 0 Å². The smallest absolute Gasteiger partial charge is 0.191 e. The molecular weight excluding hydrogens is 336 g/mol. The van der Waals surface area contributed by atoms with Crippen molar-refractivity contribution in [3.8, 4) is 23.2 Å². The van der Waals surface area contributed by atoms with E-state index >= 15 is 0 Å². The molecule has 1 aromatic heterocycles. The third kappa shape index (κ3) is 4.53.